The summed E-state index contributed by atoms with van der Waals surface area (Å²) in [7, 11) is 1.42. The number of urea groups is 1. The van der Waals surface area contributed by atoms with Crippen molar-refractivity contribution in [2.45, 2.75) is 18.3 Å². The van der Waals surface area contributed by atoms with Gasteiger partial charge >= 0.3 is 12.2 Å². The van der Waals surface area contributed by atoms with Crippen molar-refractivity contribution in [1.82, 2.24) is 19.9 Å². The minimum absolute atomic E-state index is 0.145. The predicted octanol–water partition coefficient (Wildman–Crippen LogP) is 2.56. The molecule has 3 aromatic heterocycles. The normalized spacial score (nSPS) is 19.1. The Labute approximate surface area is 191 Å². The molecule has 2 bridgehead atoms. The molecule has 13 heteroatoms. The number of aliphatic hydroxyl groups excluding tert-OH is 1. The maximum Gasteiger partial charge on any atom is 0.417 e. The lowest BCUT2D eigenvalue weighted by atomic mass is 10.1. The summed E-state index contributed by atoms with van der Waals surface area (Å²) in [5, 5.41) is 13.2. The lowest BCUT2D eigenvalue weighted by Crippen LogP contribution is -2.51. The van der Waals surface area contributed by atoms with E-state index in [2.05, 4.69) is 25.3 Å². The number of anilines is 3. The van der Waals surface area contributed by atoms with Crippen molar-refractivity contribution < 1.29 is 27.8 Å². The van der Waals surface area contributed by atoms with E-state index in [1.807, 2.05) is 4.90 Å². The number of pyridine rings is 2. The number of amides is 2. The lowest BCUT2D eigenvalue weighted by Gasteiger charge is -2.36. The van der Waals surface area contributed by atoms with Crippen molar-refractivity contribution in [3.8, 4) is 17.1 Å². The van der Waals surface area contributed by atoms with E-state index >= 15 is 0 Å². The van der Waals surface area contributed by atoms with Gasteiger partial charge in [-0.05, 0) is 18.2 Å². The molecule has 2 amide bonds. The summed E-state index contributed by atoms with van der Waals surface area (Å²) in [6.07, 6.45) is -2.18. The number of hydrogen-bond donors (Lipinski definition) is 2. The van der Waals surface area contributed by atoms with Crippen molar-refractivity contribution in [3.05, 3.63) is 48.5 Å². The van der Waals surface area contributed by atoms with Crippen molar-refractivity contribution in [3.63, 3.8) is 0 Å². The monoisotopic (exact) mass is 473 g/mol. The summed E-state index contributed by atoms with van der Waals surface area (Å²) in [6, 6.07) is 4.38. The molecule has 2 aliphatic rings. The van der Waals surface area contributed by atoms with E-state index in [0.717, 1.165) is 12.3 Å². The summed E-state index contributed by atoms with van der Waals surface area (Å²) in [6.45, 7) is 0.662. The van der Waals surface area contributed by atoms with E-state index in [0.29, 0.717) is 12.2 Å². The van der Waals surface area contributed by atoms with E-state index in [-0.39, 0.29) is 35.3 Å². The molecule has 1 fully saturated rings. The van der Waals surface area contributed by atoms with Gasteiger partial charge in [-0.3, -0.25) is 15.2 Å². The highest BCUT2D eigenvalue weighted by Crippen LogP contribution is 2.41. The molecule has 2 N–H and O–H groups in total. The van der Waals surface area contributed by atoms with E-state index in [4.69, 9.17) is 4.74 Å². The number of aliphatic hydroxyl groups is 1. The molecule has 0 saturated carbocycles. The van der Waals surface area contributed by atoms with Crippen LogP contribution in [0.25, 0.3) is 11.3 Å². The molecule has 3 aromatic rings. The fourth-order valence-corrected chi connectivity index (χ4v) is 4.07. The van der Waals surface area contributed by atoms with E-state index < -0.39 is 29.9 Å². The van der Waals surface area contributed by atoms with Gasteiger partial charge in [-0.2, -0.15) is 13.2 Å². The fourth-order valence-electron chi connectivity index (χ4n) is 4.07. The van der Waals surface area contributed by atoms with Gasteiger partial charge in [0.15, 0.2) is 5.82 Å². The van der Waals surface area contributed by atoms with E-state index in [1.54, 1.807) is 12.1 Å². The third-order valence-electron chi connectivity index (χ3n) is 5.68. The van der Waals surface area contributed by atoms with Crippen molar-refractivity contribution in [1.29, 1.82) is 0 Å². The Morgan fingerprint density at radius 2 is 2.03 bits per heavy atom. The number of hydrogen-bond acceptors (Lipinski definition) is 8. The molecule has 2 atom stereocenters. The minimum atomic E-state index is -4.56. The molecule has 10 nitrogen and oxygen atoms in total. The van der Waals surface area contributed by atoms with Crippen LogP contribution in [0.1, 0.15) is 5.56 Å². The van der Waals surface area contributed by atoms with Gasteiger partial charge in [0.2, 0.25) is 5.88 Å². The Morgan fingerprint density at radius 1 is 1.21 bits per heavy atom. The van der Waals surface area contributed by atoms with E-state index in [1.165, 1.54) is 30.6 Å². The molecule has 2 aliphatic heterocycles. The van der Waals surface area contributed by atoms with Gasteiger partial charge in [-0.15, -0.1) is 0 Å². The zero-order chi connectivity index (χ0) is 24.0. The van der Waals surface area contributed by atoms with Gasteiger partial charge in [0, 0.05) is 37.1 Å². The average Bonchev–Trinajstić information content (AvgIpc) is 3.14. The van der Waals surface area contributed by atoms with Crippen LogP contribution in [0.15, 0.2) is 43.0 Å². The Morgan fingerprint density at radius 3 is 2.79 bits per heavy atom. The third kappa shape index (κ3) is 3.83. The van der Waals surface area contributed by atoms with Crippen LogP contribution < -0.4 is 19.9 Å². The maximum absolute atomic E-state index is 13.3. The minimum Gasteiger partial charge on any atom is -0.481 e. The maximum atomic E-state index is 13.3. The quantitative estimate of drug-likeness (QED) is 0.596. The van der Waals surface area contributed by atoms with Crippen LogP contribution in [0.3, 0.4) is 0 Å². The molecular formula is C21H18F3N7O3. The number of fused-ring (bicyclic) bond motifs is 4. The first-order valence-electron chi connectivity index (χ1n) is 10.2. The van der Waals surface area contributed by atoms with Gasteiger partial charge in [0.25, 0.3) is 0 Å². The Hall–Kier alpha value is -4.00. The highest BCUT2D eigenvalue weighted by atomic mass is 19.4. The van der Waals surface area contributed by atoms with Crippen LogP contribution in [0.2, 0.25) is 0 Å². The van der Waals surface area contributed by atoms with E-state index in [9.17, 15) is 23.1 Å². The summed E-state index contributed by atoms with van der Waals surface area (Å²) < 4.78 is 44.5. The molecule has 1 saturated heterocycles. The number of aromatic nitrogens is 4. The largest absolute Gasteiger partial charge is 0.481 e. The second kappa shape index (κ2) is 8.09. The third-order valence-corrected chi connectivity index (χ3v) is 5.68. The number of halogens is 3. The first-order chi connectivity index (χ1) is 16.2. The van der Waals surface area contributed by atoms with Gasteiger partial charge in [0.05, 0.1) is 36.2 Å². The van der Waals surface area contributed by atoms with Crippen LogP contribution in [0, 0.1) is 0 Å². The summed E-state index contributed by atoms with van der Waals surface area (Å²) in [5.41, 5.74) is 0.0193. The average molecular weight is 473 g/mol. The van der Waals surface area contributed by atoms with Crippen LogP contribution in [0.4, 0.5) is 35.3 Å². The molecule has 0 unspecified atom stereocenters. The molecule has 5 heterocycles. The number of alkyl halides is 3. The van der Waals surface area contributed by atoms with Crippen LogP contribution in [-0.2, 0) is 6.18 Å². The Balaban J connectivity index is 1.54. The Kier molecular flexibility index (Phi) is 5.20. The van der Waals surface area contributed by atoms with Crippen LogP contribution in [0.5, 0.6) is 5.88 Å². The van der Waals surface area contributed by atoms with Crippen LogP contribution >= 0.6 is 0 Å². The number of carbonyl (C=O) groups excluding carboxylic acids is 1. The highest BCUT2D eigenvalue weighted by Gasteiger charge is 2.45. The number of methoxy groups -OCH3 is 1. The Bertz CT molecular complexity index is 1260. The number of nitrogens with zero attached hydrogens (tertiary/aromatic N) is 6. The van der Waals surface area contributed by atoms with Crippen molar-refractivity contribution >= 4 is 23.4 Å². The standard InChI is InChI=1S/C21H18F3N7O3/c1-34-18-5-17(26-10-27-18)29-20(33)31-15-8-30(9-16(15)32)14-3-2-13(28-19(14)31)11-4-12(7-25-6-11)21(22,23)24/h2-7,10,15-16,32H,8-9H2,1H3,(H,26,27,29,33)/t15-,16-/m1/s1. The predicted molar refractivity (Wildman–Crippen MR) is 115 cm³/mol. The molecule has 176 valence electrons. The fraction of sp³-hybridized carbons (Fsp3) is 0.286. The van der Waals surface area contributed by atoms with Gasteiger partial charge in [0.1, 0.15) is 12.1 Å². The number of rotatable bonds is 3. The first-order valence-corrected chi connectivity index (χ1v) is 10.2. The summed E-state index contributed by atoms with van der Waals surface area (Å²) in [5.74, 6) is 0.627. The van der Waals surface area contributed by atoms with Gasteiger partial charge in [-0.1, -0.05) is 0 Å². The summed E-state index contributed by atoms with van der Waals surface area (Å²) in [4.78, 5) is 32.6. The smallest absolute Gasteiger partial charge is 0.417 e. The number of nitrogens with one attached hydrogen (secondary N) is 1. The molecule has 0 spiro atoms. The first kappa shape index (κ1) is 21.8. The summed E-state index contributed by atoms with van der Waals surface area (Å²) >= 11 is 0. The molecule has 0 aromatic carbocycles. The second-order valence-electron chi connectivity index (χ2n) is 7.78. The molecule has 0 aliphatic carbocycles. The molecular weight excluding hydrogens is 455 g/mol. The zero-order valence-corrected chi connectivity index (χ0v) is 17.7. The van der Waals surface area contributed by atoms with Crippen LogP contribution in [-0.4, -0.2) is 63.4 Å². The van der Waals surface area contributed by atoms with Gasteiger partial charge < -0.3 is 14.7 Å². The lowest BCUT2D eigenvalue weighted by molar-refractivity contribution is -0.137. The van der Waals surface area contributed by atoms with Crippen molar-refractivity contribution in [2.75, 3.05) is 35.3 Å². The molecule has 5 rings (SSSR count). The van der Waals surface area contributed by atoms with Crippen molar-refractivity contribution in [2.24, 2.45) is 0 Å². The second-order valence-corrected chi connectivity index (χ2v) is 7.78. The molecule has 34 heavy (non-hydrogen) atoms. The highest BCUT2D eigenvalue weighted by molar-refractivity contribution is 6.04. The zero-order valence-electron chi connectivity index (χ0n) is 17.7. The number of carbonyl (C=O) groups is 1. The topological polar surface area (TPSA) is 117 Å². The number of ether oxygens (including phenoxy) is 1. The SMILES string of the molecule is COc1cc(NC(=O)N2c3nc(-c4cncc(C(F)(F)F)c4)ccc3N3C[C@@H](O)[C@H]2C3)ncn1. The van der Waals surface area contributed by atoms with Gasteiger partial charge in [-0.25, -0.2) is 19.7 Å². The molecule has 0 radical (unpaired) electrons.